The van der Waals surface area contributed by atoms with Gasteiger partial charge in [0.15, 0.2) is 6.17 Å². The summed E-state index contributed by atoms with van der Waals surface area (Å²) < 4.78 is 2.72. The number of thiophene rings is 1. The zero-order chi connectivity index (χ0) is 29.3. The highest BCUT2D eigenvalue weighted by Gasteiger charge is 2.46. The van der Waals surface area contributed by atoms with Crippen LogP contribution in [0.25, 0.3) is 31.3 Å². The van der Waals surface area contributed by atoms with E-state index in [0.717, 1.165) is 28.4 Å². The number of amidine groups is 2. The van der Waals surface area contributed by atoms with Gasteiger partial charge in [0.25, 0.3) is 0 Å². The van der Waals surface area contributed by atoms with Gasteiger partial charge < -0.3 is 5.32 Å². The third-order valence-electron chi connectivity index (χ3n) is 9.90. The van der Waals surface area contributed by atoms with Crippen molar-refractivity contribution < 1.29 is 0 Å². The Labute approximate surface area is 256 Å². The first-order valence-electron chi connectivity index (χ1n) is 15.0. The summed E-state index contributed by atoms with van der Waals surface area (Å²) in [6.07, 6.45) is -0.313. The molecule has 1 atom stereocenters. The number of nitrogens with one attached hydrogen (secondary N) is 1. The first-order chi connectivity index (χ1) is 20.8. The fourth-order valence-corrected chi connectivity index (χ4v) is 8.06. The fourth-order valence-electron chi connectivity index (χ4n) is 6.79. The minimum Gasteiger partial charge on any atom is -0.324 e. The highest BCUT2D eigenvalue weighted by atomic mass is 32.1. The molecule has 8 rings (SSSR count). The summed E-state index contributed by atoms with van der Waals surface area (Å²) in [4.78, 5) is 10.2. The molecule has 1 unspecified atom stereocenters. The first kappa shape index (κ1) is 26.1. The molecule has 1 aliphatic heterocycles. The molecule has 2 aliphatic rings. The molecule has 0 fully saturated rings. The van der Waals surface area contributed by atoms with Gasteiger partial charge in [0.2, 0.25) is 0 Å². The Balaban J connectivity index is 1.32. The van der Waals surface area contributed by atoms with E-state index in [1.54, 1.807) is 0 Å². The van der Waals surface area contributed by atoms with Crippen molar-refractivity contribution >= 4 is 43.2 Å². The molecule has 3 nitrogen and oxygen atoms in total. The van der Waals surface area contributed by atoms with Gasteiger partial charge in [-0.2, -0.15) is 0 Å². The number of rotatable bonds is 3. The number of fused-ring (bicyclic) bond motifs is 7. The van der Waals surface area contributed by atoms with Crippen LogP contribution in [0, 0.1) is 0 Å². The van der Waals surface area contributed by atoms with Crippen LogP contribution in [0.1, 0.15) is 61.7 Å². The standard InChI is InChI=1S/C39H33N3S/c1-38(2)30-22-21-28-27-17-11-12-18-32(27)43-34(28)33(30)29-20-19-26(23-31(29)39(38,3)4)37-41-35(24-13-7-5-8-14-24)40-36(42-37)25-15-9-6-10-16-25/h5-23,35H,1-4H3,(H,40,41,42). The molecular formula is C39H33N3S. The topological polar surface area (TPSA) is 36.8 Å². The molecule has 0 saturated heterocycles. The number of hydrogen-bond acceptors (Lipinski definition) is 4. The van der Waals surface area contributed by atoms with Gasteiger partial charge in [-0.3, -0.25) is 0 Å². The van der Waals surface area contributed by atoms with Crippen molar-refractivity contribution in [2.24, 2.45) is 9.98 Å². The average molecular weight is 576 g/mol. The number of hydrogen-bond donors (Lipinski definition) is 1. The Kier molecular flexibility index (Phi) is 5.76. The Morgan fingerprint density at radius 1 is 0.605 bits per heavy atom. The lowest BCUT2D eigenvalue weighted by Crippen LogP contribution is -2.44. The van der Waals surface area contributed by atoms with Crippen molar-refractivity contribution in [3.8, 4) is 11.1 Å². The van der Waals surface area contributed by atoms with E-state index < -0.39 is 0 Å². The second-order valence-corrected chi connectivity index (χ2v) is 13.8. The molecule has 0 spiro atoms. The van der Waals surface area contributed by atoms with Crippen molar-refractivity contribution in [3.05, 3.63) is 143 Å². The highest BCUT2D eigenvalue weighted by Crippen LogP contribution is 2.57. The van der Waals surface area contributed by atoms with Gasteiger partial charge in [-0.05, 0) is 45.2 Å². The zero-order valence-electron chi connectivity index (χ0n) is 24.8. The molecule has 4 heteroatoms. The van der Waals surface area contributed by atoms with Crippen LogP contribution in [0.3, 0.4) is 0 Å². The predicted molar refractivity (Wildman–Crippen MR) is 183 cm³/mol. The molecule has 1 N–H and O–H groups in total. The van der Waals surface area contributed by atoms with Crippen molar-refractivity contribution in [2.75, 3.05) is 0 Å². The monoisotopic (exact) mass is 575 g/mol. The van der Waals surface area contributed by atoms with Crippen molar-refractivity contribution in [1.82, 2.24) is 5.32 Å². The van der Waals surface area contributed by atoms with Crippen molar-refractivity contribution in [3.63, 3.8) is 0 Å². The summed E-state index contributed by atoms with van der Waals surface area (Å²) in [5, 5.41) is 6.29. The molecule has 1 aliphatic carbocycles. The average Bonchev–Trinajstić information content (AvgIpc) is 3.43. The molecule has 0 amide bonds. The summed E-state index contributed by atoms with van der Waals surface area (Å²) in [6, 6.07) is 41.2. The van der Waals surface area contributed by atoms with Gasteiger partial charge in [-0.15, -0.1) is 11.3 Å². The van der Waals surface area contributed by atoms with Crippen LogP contribution in [0.2, 0.25) is 0 Å². The third-order valence-corrected chi connectivity index (χ3v) is 11.1. The lowest BCUT2D eigenvalue weighted by atomic mass is 9.55. The van der Waals surface area contributed by atoms with Crippen LogP contribution >= 0.6 is 11.3 Å². The summed E-state index contributed by atoms with van der Waals surface area (Å²) >= 11 is 1.92. The van der Waals surface area contributed by atoms with E-state index >= 15 is 0 Å². The second-order valence-electron chi connectivity index (χ2n) is 12.7. The van der Waals surface area contributed by atoms with E-state index in [2.05, 4.69) is 136 Å². The SMILES string of the molecule is CC1(C)c2cc(C3=NC(c4ccccc4)N=C(c4ccccc4)N3)ccc2-c2c(ccc3c2sc2ccccc23)C1(C)C. The quantitative estimate of drug-likeness (QED) is 0.224. The van der Waals surface area contributed by atoms with E-state index in [-0.39, 0.29) is 17.0 Å². The van der Waals surface area contributed by atoms with E-state index in [1.807, 2.05) is 23.5 Å². The summed E-state index contributed by atoms with van der Waals surface area (Å²) in [5.74, 6) is 1.69. The Morgan fingerprint density at radius 2 is 1.26 bits per heavy atom. The van der Waals surface area contributed by atoms with Crippen LogP contribution in [0.4, 0.5) is 0 Å². The third kappa shape index (κ3) is 3.93. The van der Waals surface area contributed by atoms with Gasteiger partial charge in [0.05, 0.1) is 0 Å². The summed E-state index contributed by atoms with van der Waals surface area (Å²) in [7, 11) is 0. The number of nitrogens with zero attached hydrogens (tertiary/aromatic N) is 2. The van der Waals surface area contributed by atoms with Crippen LogP contribution in [0.15, 0.2) is 125 Å². The number of benzene rings is 5. The lowest BCUT2D eigenvalue weighted by molar-refractivity contribution is 0.299. The van der Waals surface area contributed by atoms with Gasteiger partial charge >= 0.3 is 0 Å². The normalized spacial score (nSPS) is 18.4. The zero-order valence-corrected chi connectivity index (χ0v) is 25.7. The molecule has 5 aromatic carbocycles. The van der Waals surface area contributed by atoms with Gasteiger partial charge in [0.1, 0.15) is 11.7 Å². The van der Waals surface area contributed by atoms with Crippen molar-refractivity contribution in [2.45, 2.75) is 44.7 Å². The van der Waals surface area contributed by atoms with Crippen LogP contribution < -0.4 is 5.32 Å². The van der Waals surface area contributed by atoms with E-state index in [4.69, 9.17) is 9.98 Å². The van der Waals surface area contributed by atoms with Crippen LogP contribution in [-0.2, 0) is 10.8 Å². The van der Waals surface area contributed by atoms with Gasteiger partial charge in [0, 0.05) is 36.9 Å². The minimum atomic E-state index is -0.313. The highest BCUT2D eigenvalue weighted by molar-refractivity contribution is 7.26. The summed E-state index contributed by atoms with van der Waals surface area (Å²) in [6.45, 7) is 9.60. The number of aliphatic imine (C=N–C) groups is 2. The van der Waals surface area contributed by atoms with Crippen LogP contribution in [0.5, 0.6) is 0 Å². The second kappa shape index (κ2) is 9.48. The van der Waals surface area contributed by atoms with E-state index in [0.29, 0.717) is 0 Å². The maximum atomic E-state index is 5.17. The van der Waals surface area contributed by atoms with Crippen molar-refractivity contribution in [1.29, 1.82) is 0 Å². The van der Waals surface area contributed by atoms with Crippen LogP contribution in [-0.4, -0.2) is 11.7 Å². The fraction of sp³-hybridized carbons (Fsp3) is 0.179. The minimum absolute atomic E-state index is 0.0800. The maximum absolute atomic E-state index is 5.17. The Hall–Kier alpha value is -4.54. The molecule has 1 aromatic heterocycles. The molecule has 210 valence electrons. The Bertz CT molecular complexity index is 2100. The predicted octanol–water partition coefficient (Wildman–Crippen LogP) is 9.79. The van der Waals surface area contributed by atoms with Gasteiger partial charge in [-0.25, -0.2) is 9.98 Å². The lowest BCUT2D eigenvalue weighted by Gasteiger charge is -2.48. The van der Waals surface area contributed by atoms with E-state index in [1.165, 1.54) is 42.4 Å². The molecular weight excluding hydrogens is 543 g/mol. The smallest absolute Gasteiger partial charge is 0.169 e. The molecule has 2 heterocycles. The molecule has 6 aromatic rings. The van der Waals surface area contributed by atoms with E-state index in [9.17, 15) is 0 Å². The Morgan fingerprint density at radius 3 is 2.02 bits per heavy atom. The molecule has 0 bridgehead atoms. The summed E-state index contributed by atoms with van der Waals surface area (Å²) in [5.41, 5.74) is 8.52. The maximum Gasteiger partial charge on any atom is 0.169 e. The molecule has 0 saturated carbocycles. The first-order valence-corrected chi connectivity index (χ1v) is 15.8. The molecule has 43 heavy (non-hydrogen) atoms. The largest absolute Gasteiger partial charge is 0.324 e. The van der Waals surface area contributed by atoms with Gasteiger partial charge in [-0.1, -0.05) is 131 Å². The molecule has 0 radical (unpaired) electrons.